The molecule has 1 amide bonds. The number of rotatable bonds is 6. The summed E-state index contributed by atoms with van der Waals surface area (Å²) in [6.07, 6.45) is 2.65. The van der Waals surface area contributed by atoms with Gasteiger partial charge in [0.05, 0.1) is 20.0 Å². The lowest BCUT2D eigenvalue weighted by atomic mass is 9.94. The molecule has 1 aliphatic rings. The third kappa shape index (κ3) is 5.12. The minimum Gasteiger partial charge on any atom is -0.312 e. The van der Waals surface area contributed by atoms with Crippen LogP contribution in [0.1, 0.15) is 30.6 Å². The molecule has 11 heteroatoms. The van der Waals surface area contributed by atoms with Crippen molar-refractivity contribution in [2.75, 3.05) is 13.1 Å². The number of amides is 1. The van der Waals surface area contributed by atoms with E-state index < -0.39 is 20.9 Å². The summed E-state index contributed by atoms with van der Waals surface area (Å²) >= 11 is 1.17. The predicted octanol–water partition coefficient (Wildman–Crippen LogP) is 4.20. The van der Waals surface area contributed by atoms with Gasteiger partial charge in [-0.15, -0.1) is 6.58 Å². The molecule has 0 saturated carbocycles. The molecule has 2 unspecified atom stereocenters. The Hall–Kier alpha value is -3.15. The standard InChI is InChI=1S/C24H26N4O5S2/c1-4-11-27-21-10-7-19(28(30)31)13-22(21)34-24(27)25-23(29)18-5-8-20(9-6-18)35(32,33)26-14-16(2)12-17(3)15-26/h4-10,13,16-17H,1,11-12,14-15H2,2-3H3. The van der Waals surface area contributed by atoms with Gasteiger partial charge in [0.2, 0.25) is 10.0 Å². The summed E-state index contributed by atoms with van der Waals surface area (Å²) in [5.41, 5.74) is 0.910. The van der Waals surface area contributed by atoms with E-state index in [-0.39, 0.29) is 28.0 Å². The molecule has 35 heavy (non-hydrogen) atoms. The van der Waals surface area contributed by atoms with E-state index in [9.17, 15) is 23.3 Å². The second kappa shape index (κ2) is 9.84. The number of hydrogen-bond acceptors (Lipinski definition) is 6. The van der Waals surface area contributed by atoms with Crippen LogP contribution in [0.5, 0.6) is 0 Å². The van der Waals surface area contributed by atoms with Crippen LogP contribution in [0.4, 0.5) is 5.69 Å². The quantitative estimate of drug-likeness (QED) is 0.278. The first-order valence-corrected chi connectivity index (χ1v) is 13.4. The molecule has 1 saturated heterocycles. The average Bonchev–Trinajstić information content (AvgIpc) is 3.14. The Bertz CT molecular complexity index is 1460. The SMILES string of the molecule is C=CCn1c(=NC(=O)c2ccc(S(=O)(=O)N3CC(C)CC(C)C3)cc2)sc2cc([N+](=O)[O-])ccc21. The number of thiazole rings is 1. The van der Waals surface area contributed by atoms with Gasteiger partial charge in [-0.1, -0.05) is 31.3 Å². The maximum atomic E-state index is 13.1. The highest BCUT2D eigenvalue weighted by Crippen LogP contribution is 2.27. The Morgan fingerprint density at radius 3 is 2.46 bits per heavy atom. The Morgan fingerprint density at radius 1 is 1.20 bits per heavy atom. The summed E-state index contributed by atoms with van der Waals surface area (Å²) < 4.78 is 30.1. The molecule has 0 radical (unpaired) electrons. The molecule has 3 aromatic rings. The zero-order valence-electron chi connectivity index (χ0n) is 19.5. The normalized spacial score (nSPS) is 19.7. The number of sulfonamides is 1. The zero-order valence-corrected chi connectivity index (χ0v) is 21.1. The minimum absolute atomic E-state index is 0.0447. The first-order chi connectivity index (χ1) is 16.6. The van der Waals surface area contributed by atoms with Crippen LogP contribution in [0.15, 0.2) is 65.0 Å². The van der Waals surface area contributed by atoms with Gasteiger partial charge in [-0.25, -0.2) is 8.42 Å². The highest BCUT2D eigenvalue weighted by Gasteiger charge is 2.31. The van der Waals surface area contributed by atoms with Crippen molar-refractivity contribution < 1.29 is 18.1 Å². The van der Waals surface area contributed by atoms with Crippen LogP contribution in [0.2, 0.25) is 0 Å². The number of nitrogens with zero attached hydrogens (tertiary/aromatic N) is 4. The van der Waals surface area contributed by atoms with E-state index in [1.54, 1.807) is 16.7 Å². The number of allylic oxidation sites excluding steroid dienone is 1. The third-order valence-corrected chi connectivity index (χ3v) is 8.85. The number of aromatic nitrogens is 1. The molecular formula is C24H26N4O5S2. The number of benzene rings is 2. The lowest BCUT2D eigenvalue weighted by Crippen LogP contribution is -2.42. The van der Waals surface area contributed by atoms with Gasteiger partial charge in [-0.05, 0) is 48.6 Å². The Labute approximate surface area is 207 Å². The van der Waals surface area contributed by atoms with Gasteiger partial charge in [0.1, 0.15) is 0 Å². The van der Waals surface area contributed by atoms with Crippen molar-refractivity contribution in [2.24, 2.45) is 16.8 Å². The number of carbonyl (C=O) groups excluding carboxylic acids is 1. The second-order valence-corrected chi connectivity index (χ2v) is 11.8. The van der Waals surface area contributed by atoms with Crippen molar-refractivity contribution in [3.05, 3.63) is 75.6 Å². The van der Waals surface area contributed by atoms with Crippen LogP contribution in [-0.2, 0) is 16.6 Å². The summed E-state index contributed by atoms with van der Waals surface area (Å²) in [6.45, 7) is 9.16. The third-order valence-electron chi connectivity index (χ3n) is 5.96. The van der Waals surface area contributed by atoms with Gasteiger partial charge in [-0.2, -0.15) is 9.30 Å². The van der Waals surface area contributed by atoms with Gasteiger partial charge in [-0.3, -0.25) is 14.9 Å². The summed E-state index contributed by atoms with van der Waals surface area (Å²) in [5.74, 6) is 0.0457. The van der Waals surface area contributed by atoms with Crippen molar-refractivity contribution in [1.29, 1.82) is 0 Å². The first-order valence-electron chi connectivity index (χ1n) is 11.2. The van der Waals surface area contributed by atoms with Gasteiger partial charge < -0.3 is 4.57 Å². The van der Waals surface area contributed by atoms with Gasteiger partial charge >= 0.3 is 0 Å². The first kappa shape index (κ1) is 25.0. The summed E-state index contributed by atoms with van der Waals surface area (Å²) in [6, 6.07) is 10.3. The maximum absolute atomic E-state index is 13.1. The topological polar surface area (TPSA) is 115 Å². The van der Waals surface area contributed by atoms with Gasteiger partial charge in [0.15, 0.2) is 4.80 Å². The smallest absolute Gasteiger partial charge is 0.279 e. The maximum Gasteiger partial charge on any atom is 0.279 e. The fourth-order valence-electron chi connectivity index (χ4n) is 4.44. The van der Waals surface area contributed by atoms with Crippen molar-refractivity contribution in [3.8, 4) is 0 Å². The van der Waals surface area contributed by atoms with Gasteiger partial charge in [0.25, 0.3) is 11.6 Å². The number of fused-ring (bicyclic) bond motifs is 1. The molecule has 1 aromatic heterocycles. The Kier molecular flexibility index (Phi) is 7.02. The summed E-state index contributed by atoms with van der Waals surface area (Å²) in [5, 5.41) is 11.1. The van der Waals surface area contributed by atoms with E-state index in [2.05, 4.69) is 11.6 Å². The Morgan fingerprint density at radius 2 is 1.86 bits per heavy atom. The average molecular weight is 515 g/mol. The van der Waals surface area contributed by atoms with E-state index in [0.29, 0.717) is 34.7 Å². The molecule has 0 aliphatic carbocycles. The second-order valence-electron chi connectivity index (χ2n) is 8.90. The number of hydrogen-bond donors (Lipinski definition) is 0. The summed E-state index contributed by atoms with van der Waals surface area (Å²) in [7, 11) is -3.65. The molecule has 0 spiro atoms. The minimum atomic E-state index is -3.65. The predicted molar refractivity (Wildman–Crippen MR) is 135 cm³/mol. The fourth-order valence-corrected chi connectivity index (χ4v) is 7.19. The number of nitro benzene ring substituents is 1. The van der Waals surface area contributed by atoms with Crippen molar-refractivity contribution >= 4 is 43.2 Å². The van der Waals surface area contributed by atoms with E-state index in [1.807, 2.05) is 13.8 Å². The highest BCUT2D eigenvalue weighted by molar-refractivity contribution is 7.89. The number of non-ortho nitro benzene ring substituents is 1. The fraction of sp³-hybridized carbons (Fsp3) is 0.333. The molecule has 0 N–H and O–H groups in total. The molecular weight excluding hydrogens is 488 g/mol. The lowest BCUT2D eigenvalue weighted by molar-refractivity contribution is -0.384. The molecule has 2 aromatic carbocycles. The van der Waals surface area contributed by atoms with E-state index in [4.69, 9.17) is 0 Å². The zero-order chi connectivity index (χ0) is 25.3. The Balaban J connectivity index is 1.65. The number of nitro groups is 1. The molecule has 0 bridgehead atoms. The van der Waals surface area contributed by atoms with Crippen LogP contribution in [0, 0.1) is 22.0 Å². The largest absolute Gasteiger partial charge is 0.312 e. The number of carbonyl (C=O) groups is 1. The molecule has 1 aliphatic heterocycles. The van der Waals surface area contributed by atoms with Gasteiger partial charge in [0, 0.05) is 37.3 Å². The van der Waals surface area contributed by atoms with Crippen LogP contribution in [-0.4, -0.2) is 41.2 Å². The molecule has 1 fully saturated rings. The van der Waals surface area contributed by atoms with Crippen LogP contribution in [0.25, 0.3) is 10.2 Å². The molecule has 9 nitrogen and oxygen atoms in total. The van der Waals surface area contributed by atoms with Crippen molar-refractivity contribution in [1.82, 2.24) is 8.87 Å². The molecule has 2 heterocycles. The van der Waals surface area contributed by atoms with Crippen LogP contribution in [0.3, 0.4) is 0 Å². The molecule has 184 valence electrons. The van der Waals surface area contributed by atoms with E-state index in [1.165, 1.54) is 52.0 Å². The van der Waals surface area contributed by atoms with E-state index >= 15 is 0 Å². The van der Waals surface area contributed by atoms with Crippen LogP contribution >= 0.6 is 11.3 Å². The monoisotopic (exact) mass is 514 g/mol. The van der Waals surface area contributed by atoms with Crippen LogP contribution < -0.4 is 4.80 Å². The van der Waals surface area contributed by atoms with Crippen molar-refractivity contribution in [3.63, 3.8) is 0 Å². The summed E-state index contributed by atoms with van der Waals surface area (Å²) in [4.78, 5) is 28.3. The lowest BCUT2D eigenvalue weighted by Gasteiger charge is -2.34. The van der Waals surface area contributed by atoms with Crippen molar-refractivity contribution in [2.45, 2.75) is 31.7 Å². The molecule has 2 atom stereocenters. The highest BCUT2D eigenvalue weighted by atomic mass is 32.2. The number of piperidine rings is 1. The molecule has 4 rings (SSSR count). The van der Waals surface area contributed by atoms with E-state index in [0.717, 1.165) is 6.42 Å².